The predicted octanol–water partition coefficient (Wildman–Crippen LogP) is 0.145. The molecule has 0 unspecified atom stereocenters. The van der Waals surface area contributed by atoms with Crippen LogP contribution in [0.1, 0.15) is 5.56 Å². The summed E-state index contributed by atoms with van der Waals surface area (Å²) in [6.07, 6.45) is 1.38. The molecule has 0 atom stereocenters. The molecule has 14 heavy (non-hydrogen) atoms. The Hall–Kier alpha value is -1.40. The van der Waals surface area contributed by atoms with Crippen molar-refractivity contribution in [1.82, 2.24) is 15.4 Å². The number of aromatic nitrogens is 2. The maximum Gasteiger partial charge on any atom is 0.224 e. The van der Waals surface area contributed by atoms with Crippen molar-refractivity contribution >= 4 is 0 Å². The van der Waals surface area contributed by atoms with E-state index in [1.54, 1.807) is 0 Å². The normalized spacial score (nSPS) is 9.93. The van der Waals surface area contributed by atoms with Gasteiger partial charge < -0.3 is 14.3 Å². The van der Waals surface area contributed by atoms with Crippen LogP contribution < -0.4 is 15.0 Å². The monoisotopic (exact) mass is 199 g/mol. The highest BCUT2D eigenvalue weighted by molar-refractivity contribution is 5.33. The van der Waals surface area contributed by atoms with Crippen molar-refractivity contribution < 1.29 is 14.3 Å². The lowest BCUT2D eigenvalue weighted by molar-refractivity contribution is 0.0851. The van der Waals surface area contributed by atoms with Crippen LogP contribution in [0.4, 0.5) is 0 Å². The number of hydrogen-bond donors (Lipinski definition) is 1. The first-order chi connectivity index (χ1) is 6.83. The first-order valence-corrected chi connectivity index (χ1v) is 4.01. The lowest BCUT2D eigenvalue weighted by Gasteiger charge is -2.10. The molecule has 1 heterocycles. The summed E-state index contributed by atoms with van der Waals surface area (Å²) < 4.78 is 10.1. The minimum Gasteiger partial charge on any atom is -0.481 e. The van der Waals surface area contributed by atoms with Gasteiger partial charge in [-0.15, -0.1) is 0 Å². The zero-order chi connectivity index (χ0) is 10.4. The van der Waals surface area contributed by atoms with Crippen LogP contribution in [-0.2, 0) is 11.4 Å². The molecule has 6 heteroatoms. The van der Waals surface area contributed by atoms with E-state index in [4.69, 9.17) is 14.3 Å². The van der Waals surface area contributed by atoms with E-state index in [0.29, 0.717) is 18.3 Å². The van der Waals surface area contributed by atoms with Crippen LogP contribution in [0, 0.1) is 0 Å². The van der Waals surface area contributed by atoms with E-state index >= 15 is 0 Å². The van der Waals surface area contributed by atoms with E-state index in [0.717, 1.165) is 5.56 Å². The number of hydrogen-bond acceptors (Lipinski definition) is 6. The Morgan fingerprint density at radius 3 is 2.14 bits per heavy atom. The van der Waals surface area contributed by atoms with Gasteiger partial charge in [-0.2, -0.15) is 5.48 Å². The molecular formula is C8H13N3O3. The third-order valence-corrected chi connectivity index (χ3v) is 1.65. The van der Waals surface area contributed by atoms with Gasteiger partial charge in [-0.05, 0) is 0 Å². The molecule has 0 amide bonds. The Bertz CT molecular complexity index is 271. The molecule has 0 bridgehead atoms. The second-order valence-corrected chi connectivity index (χ2v) is 2.40. The molecule has 1 rings (SSSR count). The van der Waals surface area contributed by atoms with Gasteiger partial charge in [0, 0.05) is 0 Å². The molecule has 0 fully saturated rings. The Kier molecular flexibility index (Phi) is 4.09. The topological polar surface area (TPSA) is 65.5 Å². The molecule has 0 aliphatic heterocycles. The van der Waals surface area contributed by atoms with E-state index in [1.165, 1.54) is 27.7 Å². The molecule has 1 N–H and O–H groups in total. The summed E-state index contributed by atoms with van der Waals surface area (Å²) in [5, 5.41) is 0. The van der Waals surface area contributed by atoms with E-state index in [1.807, 2.05) is 0 Å². The van der Waals surface area contributed by atoms with Gasteiger partial charge in [-0.1, -0.05) is 0 Å². The summed E-state index contributed by atoms with van der Waals surface area (Å²) >= 11 is 0. The minimum atomic E-state index is 0.420. The molecule has 0 radical (unpaired) electrons. The van der Waals surface area contributed by atoms with Crippen LogP contribution in [0.3, 0.4) is 0 Å². The average Bonchev–Trinajstić information content (AvgIpc) is 2.25. The van der Waals surface area contributed by atoms with Crippen molar-refractivity contribution in [2.75, 3.05) is 21.3 Å². The number of nitrogens with one attached hydrogen (secondary N) is 1. The second-order valence-electron chi connectivity index (χ2n) is 2.40. The standard InChI is InChI=1S/C8H13N3O3/c1-12-7-6(4-11-14-3)8(13-2)10-5-9-7/h5,11H,4H2,1-3H3. The highest BCUT2D eigenvalue weighted by Crippen LogP contribution is 2.22. The molecule has 1 aromatic rings. The van der Waals surface area contributed by atoms with Crippen molar-refractivity contribution in [2.24, 2.45) is 0 Å². The molecular weight excluding hydrogens is 186 g/mol. The maximum atomic E-state index is 5.06. The van der Waals surface area contributed by atoms with Gasteiger partial charge >= 0.3 is 0 Å². The SMILES string of the molecule is CONCc1c(OC)ncnc1OC. The largest absolute Gasteiger partial charge is 0.481 e. The molecule has 6 nitrogen and oxygen atoms in total. The molecule has 0 saturated carbocycles. The summed E-state index contributed by atoms with van der Waals surface area (Å²) in [5.74, 6) is 0.947. The third-order valence-electron chi connectivity index (χ3n) is 1.65. The van der Waals surface area contributed by atoms with Crippen molar-refractivity contribution in [3.8, 4) is 11.8 Å². The molecule has 0 aliphatic carbocycles. The highest BCUT2D eigenvalue weighted by Gasteiger charge is 2.11. The smallest absolute Gasteiger partial charge is 0.224 e. The van der Waals surface area contributed by atoms with Crippen LogP contribution in [0.25, 0.3) is 0 Å². The Morgan fingerprint density at radius 1 is 1.14 bits per heavy atom. The van der Waals surface area contributed by atoms with Gasteiger partial charge in [0.15, 0.2) is 0 Å². The lowest BCUT2D eigenvalue weighted by atomic mass is 10.3. The Labute approximate surface area is 82.2 Å². The number of nitrogens with zero attached hydrogens (tertiary/aromatic N) is 2. The van der Waals surface area contributed by atoms with Gasteiger partial charge in [-0.25, -0.2) is 9.97 Å². The van der Waals surface area contributed by atoms with E-state index in [2.05, 4.69) is 15.4 Å². The minimum absolute atomic E-state index is 0.420. The van der Waals surface area contributed by atoms with Crippen molar-refractivity contribution in [3.05, 3.63) is 11.9 Å². The van der Waals surface area contributed by atoms with E-state index in [9.17, 15) is 0 Å². The van der Waals surface area contributed by atoms with Gasteiger partial charge in [0.1, 0.15) is 6.33 Å². The molecule has 0 spiro atoms. The van der Waals surface area contributed by atoms with E-state index in [-0.39, 0.29) is 0 Å². The van der Waals surface area contributed by atoms with Crippen molar-refractivity contribution in [1.29, 1.82) is 0 Å². The zero-order valence-electron chi connectivity index (χ0n) is 8.40. The average molecular weight is 199 g/mol. The van der Waals surface area contributed by atoms with Gasteiger partial charge in [-0.3, -0.25) is 0 Å². The van der Waals surface area contributed by atoms with Crippen LogP contribution >= 0.6 is 0 Å². The Morgan fingerprint density at radius 2 is 1.71 bits per heavy atom. The first-order valence-electron chi connectivity index (χ1n) is 4.01. The fourth-order valence-electron chi connectivity index (χ4n) is 1.03. The predicted molar refractivity (Wildman–Crippen MR) is 49.0 cm³/mol. The number of rotatable bonds is 5. The summed E-state index contributed by atoms with van der Waals surface area (Å²) in [4.78, 5) is 12.6. The van der Waals surface area contributed by atoms with Gasteiger partial charge in [0.2, 0.25) is 11.8 Å². The maximum absolute atomic E-state index is 5.06. The van der Waals surface area contributed by atoms with Crippen molar-refractivity contribution in [3.63, 3.8) is 0 Å². The molecule has 78 valence electrons. The highest BCUT2D eigenvalue weighted by atomic mass is 16.6. The van der Waals surface area contributed by atoms with Gasteiger partial charge in [0.25, 0.3) is 0 Å². The lowest BCUT2D eigenvalue weighted by Crippen LogP contribution is -2.13. The fraction of sp³-hybridized carbons (Fsp3) is 0.500. The number of hydroxylamine groups is 1. The van der Waals surface area contributed by atoms with Crippen LogP contribution in [0.15, 0.2) is 6.33 Å². The van der Waals surface area contributed by atoms with Crippen LogP contribution in [-0.4, -0.2) is 31.3 Å². The Balaban J connectivity index is 2.93. The van der Waals surface area contributed by atoms with Gasteiger partial charge in [0.05, 0.1) is 33.4 Å². The fourth-order valence-corrected chi connectivity index (χ4v) is 1.03. The molecule has 0 aromatic carbocycles. The number of ether oxygens (including phenoxy) is 2. The summed E-state index contributed by atoms with van der Waals surface area (Å²) in [6, 6.07) is 0. The van der Waals surface area contributed by atoms with Crippen molar-refractivity contribution in [2.45, 2.75) is 6.54 Å². The third kappa shape index (κ3) is 2.30. The molecule has 0 aliphatic rings. The molecule has 1 aromatic heterocycles. The summed E-state index contributed by atoms with van der Waals surface area (Å²) in [6.45, 7) is 0.420. The number of methoxy groups -OCH3 is 2. The zero-order valence-corrected chi connectivity index (χ0v) is 8.40. The second kappa shape index (κ2) is 5.36. The first kappa shape index (κ1) is 10.7. The van der Waals surface area contributed by atoms with E-state index < -0.39 is 0 Å². The molecule has 0 saturated heterocycles. The van der Waals surface area contributed by atoms with Crippen LogP contribution in [0.5, 0.6) is 11.8 Å². The summed E-state index contributed by atoms with van der Waals surface area (Å²) in [5.41, 5.74) is 3.40. The summed E-state index contributed by atoms with van der Waals surface area (Å²) in [7, 11) is 4.61. The quantitative estimate of drug-likeness (QED) is 0.681. The van der Waals surface area contributed by atoms with Crippen LogP contribution in [0.2, 0.25) is 0 Å².